The van der Waals surface area contributed by atoms with Crippen molar-refractivity contribution in [3.05, 3.63) is 88.3 Å². The van der Waals surface area contributed by atoms with Crippen molar-refractivity contribution in [2.24, 2.45) is 13.0 Å². The summed E-state index contributed by atoms with van der Waals surface area (Å²) in [6, 6.07) is 7.22. The van der Waals surface area contributed by atoms with E-state index in [1.165, 1.54) is 11.8 Å². The summed E-state index contributed by atoms with van der Waals surface area (Å²) in [6.45, 7) is 2.87. The number of ether oxygens (including phenoxy) is 5. The van der Waals surface area contributed by atoms with Crippen molar-refractivity contribution < 1.29 is 51.6 Å². The third kappa shape index (κ3) is 16.7. The van der Waals surface area contributed by atoms with Crippen LogP contribution in [0, 0.1) is 17.6 Å². The molecule has 5 unspecified atom stereocenters. The first-order valence-corrected chi connectivity index (χ1v) is 26.1. The monoisotopic (exact) mass is 1070 g/mol. The van der Waals surface area contributed by atoms with Crippen LogP contribution in [0.25, 0.3) is 0 Å². The summed E-state index contributed by atoms with van der Waals surface area (Å²) < 4.78 is 59.1. The molecule has 408 valence electrons. The van der Waals surface area contributed by atoms with E-state index < -0.39 is 41.7 Å². The highest BCUT2D eigenvalue weighted by Gasteiger charge is 2.45. The van der Waals surface area contributed by atoms with Crippen molar-refractivity contribution in [1.82, 2.24) is 45.9 Å². The molecule has 0 bridgehead atoms. The quantitative estimate of drug-likeness (QED) is 0.0416. The van der Waals surface area contributed by atoms with Crippen LogP contribution in [-0.4, -0.2) is 145 Å². The summed E-state index contributed by atoms with van der Waals surface area (Å²) in [5.41, 5.74) is 2.93. The largest absolute Gasteiger partial charge is 0.488 e. The molecule has 3 aliphatic rings. The van der Waals surface area contributed by atoms with Crippen molar-refractivity contribution in [1.29, 1.82) is 0 Å². The SMILES string of the molecule is CNC(C)C(=O)NC(C(=O)N1CC(NC(=O)COCCOCCOCCOCCOc2cc(F)cc(CNc3nc(Nc4cnn(C)c4)ncc3Cl)c2F)CC1C(=O)NC1CCCc2ccccc21)C1CCCCC1. The molecule has 2 aromatic heterocycles. The van der Waals surface area contributed by atoms with Gasteiger partial charge in [0.2, 0.25) is 29.6 Å². The molecule has 2 fully saturated rings. The van der Waals surface area contributed by atoms with E-state index in [0.29, 0.717) is 5.69 Å². The molecule has 5 atom stereocenters. The fourth-order valence-electron chi connectivity index (χ4n) is 9.54. The van der Waals surface area contributed by atoms with Gasteiger partial charge in [-0.2, -0.15) is 10.1 Å². The average Bonchev–Trinajstić information content (AvgIpc) is 4.04. The van der Waals surface area contributed by atoms with E-state index in [0.717, 1.165) is 69.1 Å². The minimum atomic E-state index is -0.851. The Balaban J connectivity index is 0.778. The maximum atomic E-state index is 15.3. The summed E-state index contributed by atoms with van der Waals surface area (Å²) in [7, 11) is 3.46. The van der Waals surface area contributed by atoms with Gasteiger partial charge < -0.3 is 60.5 Å². The van der Waals surface area contributed by atoms with Gasteiger partial charge >= 0.3 is 0 Å². The van der Waals surface area contributed by atoms with Gasteiger partial charge in [0.25, 0.3) is 0 Å². The van der Waals surface area contributed by atoms with Gasteiger partial charge in [-0.1, -0.05) is 55.1 Å². The molecule has 23 heteroatoms. The van der Waals surface area contributed by atoms with E-state index in [1.807, 2.05) is 18.2 Å². The first-order chi connectivity index (χ1) is 36.4. The molecule has 1 saturated heterocycles. The Morgan fingerprint density at radius 3 is 2.32 bits per heavy atom. The first kappa shape index (κ1) is 56.7. The van der Waals surface area contributed by atoms with Crippen LogP contribution in [-0.2, 0) is 58.1 Å². The van der Waals surface area contributed by atoms with Crippen LogP contribution in [0.1, 0.15) is 81.0 Å². The Kier molecular flexibility index (Phi) is 21.7. The van der Waals surface area contributed by atoms with E-state index in [4.69, 9.17) is 35.3 Å². The van der Waals surface area contributed by atoms with Crippen LogP contribution < -0.4 is 36.6 Å². The highest BCUT2D eigenvalue weighted by atomic mass is 35.5. The van der Waals surface area contributed by atoms with Crippen molar-refractivity contribution in [3.8, 4) is 5.75 Å². The zero-order chi connectivity index (χ0) is 53.1. The number of hydrogen-bond acceptors (Lipinski definition) is 15. The molecular weight excluding hydrogens is 996 g/mol. The van der Waals surface area contributed by atoms with Crippen LogP contribution in [0.4, 0.5) is 26.2 Å². The number of rotatable bonds is 28. The number of fused-ring (bicyclic) bond motifs is 1. The number of amides is 4. The fraction of sp³-hybridized carbons (Fsp3) is 0.558. The Bertz CT molecular complexity index is 2520. The van der Waals surface area contributed by atoms with Crippen molar-refractivity contribution in [2.75, 3.05) is 83.7 Å². The van der Waals surface area contributed by atoms with Crippen LogP contribution in [0.15, 0.2) is 55.0 Å². The molecule has 4 amide bonds. The van der Waals surface area contributed by atoms with Gasteiger partial charge in [-0.05, 0) is 75.6 Å². The lowest BCUT2D eigenvalue weighted by atomic mass is 9.83. The number of anilines is 3. The molecule has 7 rings (SSSR count). The molecule has 20 nitrogen and oxygen atoms in total. The molecular formula is C52H70ClF2N11O9. The highest BCUT2D eigenvalue weighted by Crippen LogP contribution is 2.33. The van der Waals surface area contributed by atoms with Gasteiger partial charge in [0, 0.05) is 44.0 Å². The normalized spacial score (nSPS) is 18.4. The van der Waals surface area contributed by atoms with Crippen molar-refractivity contribution in [2.45, 2.75) is 101 Å². The van der Waals surface area contributed by atoms with E-state index in [1.54, 1.807) is 43.0 Å². The molecule has 2 aromatic carbocycles. The second-order valence-corrected chi connectivity index (χ2v) is 19.3. The minimum Gasteiger partial charge on any atom is -0.488 e. The second kappa shape index (κ2) is 28.7. The lowest BCUT2D eigenvalue weighted by Gasteiger charge is -2.35. The third-order valence-electron chi connectivity index (χ3n) is 13.5. The summed E-state index contributed by atoms with van der Waals surface area (Å²) in [4.78, 5) is 65.2. The fourth-order valence-corrected chi connectivity index (χ4v) is 9.70. The van der Waals surface area contributed by atoms with E-state index >= 15 is 4.39 Å². The van der Waals surface area contributed by atoms with Gasteiger partial charge in [-0.25, -0.2) is 13.8 Å². The number of aromatic nitrogens is 4. The van der Waals surface area contributed by atoms with Gasteiger partial charge in [0.15, 0.2) is 17.4 Å². The van der Waals surface area contributed by atoms with Crippen LogP contribution in [0.2, 0.25) is 5.02 Å². The first-order valence-electron chi connectivity index (χ1n) is 25.8. The number of nitrogens with one attached hydrogen (secondary N) is 6. The van der Waals surface area contributed by atoms with Gasteiger partial charge in [-0.15, -0.1) is 0 Å². The Hall–Kier alpha value is -6.04. The lowest BCUT2D eigenvalue weighted by molar-refractivity contribution is -0.143. The smallest absolute Gasteiger partial charge is 0.246 e. The van der Waals surface area contributed by atoms with E-state index in [9.17, 15) is 23.6 Å². The molecule has 0 radical (unpaired) electrons. The van der Waals surface area contributed by atoms with Gasteiger partial charge in [0.05, 0.1) is 76.4 Å². The second-order valence-electron chi connectivity index (χ2n) is 18.9. The number of aryl methyl sites for hydroxylation is 2. The third-order valence-corrected chi connectivity index (χ3v) is 13.8. The zero-order valence-corrected chi connectivity index (χ0v) is 43.6. The average molecular weight is 1070 g/mol. The minimum absolute atomic E-state index is 0.00175. The Morgan fingerprint density at radius 1 is 0.880 bits per heavy atom. The Labute approximate surface area is 441 Å². The molecule has 3 heterocycles. The summed E-state index contributed by atoms with van der Waals surface area (Å²) >= 11 is 6.25. The van der Waals surface area contributed by atoms with E-state index in [-0.39, 0.29) is 137 Å². The number of carbonyl (C=O) groups excluding carboxylic acids is 4. The predicted molar refractivity (Wildman–Crippen MR) is 275 cm³/mol. The van der Waals surface area contributed by atoms with Crippen LogP contribution in [0.5, 0.6) is 5.75 Å². The van der Waals surface area contributed by atoms with E-state index in [2.05, 4.69) is 53.0 Å². The standard InChI is InChI=1S/C52H70ClF2N11O9/c1-33(56-2)49(68)63-47(35-11-5-4-6-12-35)51(70)66-31-38(26-43(66)50(69)62-42-15-9-13-34-10-7-8-14-40(34)42)60-45(67)32-74-21-20-72-17-16-71-18-19-73-22-23-75-44-25-37(54)24-36(46(44)55)27-57-48-41(53)29-58-52(64-48)61-39-28-59-65(3)30-39/h7-8,10,14,24-25,28-30,33,35,38,42-43,47,56H,4-6,9,11-13,15-23,26-27,31-32H2,1-3H3,(H,60,67)(H,62,69)(H,63,68)(H2,57,58,61,64). The summed E-state index contributed by atoms with van der Waals surface area (Å²) in [6.07, 6.45) is 12.1. The molecule has 1 aliphatic heterocycles. The molecule has 1 saturated carbocycles. The maximum Gasteiger partial charge on any atom is 0.246 e. The summed E-state index contributed by atoms with van der Waals surface area (Å²) in [5, 5.41) is 22.4. The summed E-state index contributed by atoms with van der Waals surface area (Å²) in [5.74, 6) is -2.60. The number of halogens is 3. The van der Waals surface area contributed by atoms with Crippen LogP contribution in [0.3, 0.4) is 0 Å². The predicted octanol–water partition coefficient (Wildman–Crippen LogP) is 4.90. The maximum absolute atomic E-state index is 15.3. The lowest BCUT2D eigenvalue weighted by Crippen LogP contribution is -2.58. The molecule has 75 heavy (non-hydrogen) atoms. The zero-order valence-electron chi connectivity index (χ0n) is 42.8. The number of likely N-dealkylation sites (tertiary alicyclic amines) is 1. The van der Waals surface area contributed by atoms with Crippen molar-refractivity contribution >= 4 is 52.7 Å². The number of carbonyl (C=O) groups is 4. The molecule has 2 aliphatic carbocycles. The number of nitrogens with zero attached hydrogens (tertiary/aromatic N) is 5. The number of hydrogen-bond donors (Lipinski definition) is 6. The molecule has 6 N–H and O–H groups in total. The van der Waals surface area contributed by atoms with Crippen molar-refractivity contribution in [3.63, 3.8) is 0 Å². The van der Waals surface area contributed by atoms with Gasteiger partial charge in [0.1, 0.15) is 36.1 Å². The number of benzene rings is 2. The molecule has 4 aromatic rings. The van der Waals surface area contributed by atoms with Crippen LogP contribution >= 0.6 is 11.6 Å². The van der Waals surface area contributed by atoms with Gasteiger partial charge in [-0.3, -0.25) is 23.9 Å². The Morgan fingerprint density at radius 2 is 1.60 bits per heavy atom. The molecule has 0 spiro atoms. The highest BCUT2D eigenvalue weighted by molar-refractivity contribution is 6.32. The topological polar surface area (TPSA) is 233 Å². The number of likely N-dealkylation sites (N-methyl/N-ethyl adjacent to an activating group) is 1.